The van der Waals surface area contributed by atoms with Crippen molar-refractivity contribution >= 4 is 15.9 Å². The van der Waals surface area contributed by atoms with Crippen LogP contribution in [-0.4, -0.2) is 14.9 Å². The van der Waals surface area contributed by atoms with Gasteiger partial charge in [-0.15, -0.1) is 0 Å². The van der Waals surface area contributed by atoms with E-state index in [1.807, 2.05) is 0 Å². The Morgan fingerprint density at radius 3 is 2.81 bits per heavy atom. The molecule has 0 aliphatic rings. The highest BCUT2D eigenvalue weighted by Gasteiger charge is 2.14. The number of hydrogen-bond acceptors (Lipinski definition) is 2. The van der Waals surface area contributed by atoms with Crippen LogP contribution < -0.4 is 0 Å². The first-order valence-corrected chi connectivity index (χ1v) is 5.56. The summed E-state index contributed by atoms with van der Waals surface area (Å²) in [4.78, 5) is 0. The third-order valence-corrected chi connectivity index (χ3v) is 2.66. The molecule has 0 unspecified atom stereocenters. The molecular weight excluding hydrogens is 275 g/mol. The fourth-order valence-corrected chi connectivity index (χ4v) is 1.82. The maximum atomic E-state index is 13.7. The molecule has 0 amide bonds. The third kappa shape index (κ3) is 2.01. The topological polar surface area (TPSA) is 38.0 Å². The summed E-state index contributed by atoms with van der Waals surface area (Å²) in [6.07, 6.45) is 2.47. The van der Waals surface area contributed by atoms with E-state index in [9.17, 15) is 9.50 Å². The second-order valence-electron chi connectivity index (χ2n) is 3.46. The molecule has 0 aliphatic carbocycles. The lowest BCUT2D eigenvalue weighted by molar-refractivity contribution is 0.198. The number of rotatable bonds is 2. The van der Waals surface area contributed by atoms with Crippen molar-refractivity contribution in [3.8, 4) is 5.69 Å². The highest BCUT2D eigenvalue weighted by atomic mass is 79.9. The van der Waals surface area contributed by atoms with E-state index in [2.05, 4.69) is 21.0 Å². The van der Waals surface area contributed by atoms with Gasteiger partial charge in [-0.1, -0.05) is 12.1 Å². The van der Waals surface area contributed by atoms with Gasteiger partial charge in [0.05, 0.1) is 16.8 Å². The van der Waals surface area contributed by atoms with Gasteiger partial charge in [0.15, 0.2) is 0 Å². The van der Waals surface area contributed by atoms with E-state index < -0.39 is 11.9 Å². The van der Waals surface area contributed by atoms with Gasteiger partial charge in [0.2, 0.25) is 0 Å². The Bertz CT molecular complexity index is 510. The van der Waals surface area contributed by atoms with Crippen molar-refractivity contribution in [2.24, 2.45) is 0 Å². The van der Waals surface area contributed by atoms with Crippen molar-refractivity contribution in [1.29, 1.82) is 0 Å². The Balaban J connectivity index is 2.62. The van der Waals surface area contributed by atoms with Gasteiger partial charge in [0.1, 0.15) is 11.5 Å². The summed E-state index contributed by atoms with van der Waals surface area (Å²) in [6, 6.07) is 4.59. The number of halogens is 2. The molecule has 0 bridgehead atoms. The normalized spacial score (nSPS) is 12.8. The van der Waals surface area contributed by atoms with Gasteiger partial charge in [0, 0.05) is 11.8 Å². The molecule has 0 saturated heterocycles. The molecule has 1 aromatic carbocycles. The maximum absolute atomic E-state index is 13.7. The number of benzene rings is 1. The van der Waals surface area contributed by atoms with Crippen molar-refractivity contribution in [2.45, 2.75) is 13.0 Å². The zero-order valence-electron chi connectivity index (χ0n) is 8.56. The van der Waals surface area contributed by atoms with Gasteiger partial charge in [-0.25, -0.2) is 9.07 Å². The second-order valence-corrected chi connectivity index (χ2v) is 4.37. The zero-order chi connectivity index (χ0) is 11.7. The van der Waals surface area contributed by atoms with Gasteiger partial charge in [-0.3, -0.25) is 0 Å². The van der Waals surface area contributed by atoms with Gasteiger partial charge in [-0.05, 0) is 28.9 Å². The SMILES string of the molecule is C[C@@H](O)c1cccc(F)c1-n1cc(Br)cn1. The molecule has 16 heavy (non-hydrogen) atoms. The molecule has 1 heterocycles. The predicted octanol–water partition coefficient (Wildman–Crippen LogP) is 2.83. The molecule has 0 saturated carbocycles. The minimum atomic E-state index is -0.742. The van der Waals surface area contributed by atoms with Gasteiger partial charge < -0.3 is 5.11 Å². The molecule has 1 N–H and O–H groups in total. The largest absolute Gasteiger partial charge is 0.389 e. The Labute approximate surface area is 101 Å². The zero-order valence-corrected chi connectivity index (χ0v) is 10.1. The summed E-state index contributed by atoms with van der Waals surface area (Å²) in [5.74, 6) is -0.408. The van der Waals surface area contributed by atoms with E-state index in [0.29, 0.717) is 5.56 Å². The first-order valence-electron chi connectivity index (χ1n) is 4.76. The van der Waals surface area contributed by atoms with Crippen LogP contribution in [0.1, 0.15) is 18.6 Å². The number of nitrogens with zero attached hydrogens (tertiary/aromatic N) is 2. The van der Waals surface area contributed by atoms with E-state index in [-0.39, 0.29) is 5.69 Å². The second kappa shape index (κ2) is 4.35. The van der Waals surface area contributed by atoms with Crippen LogP contribution in [0, 0.1) is 5.82 Å². The van der Waals surface area contributed by atoms with Crippen LogP contribution >= 0.6 is 15.9 Å². The Kier molecular flexibility index (Phi) is 3.07. The Hall–Kier alpha value is -1.20. The lowest BCUT2D eigenvalue weighted by atomic mass is 10.1. The molecule has 0 radical (unpaired) electrons. The summed E-state index contributed by atoms with van der Waals surface area (Å²) in [6.45, 7) is 1.59. The average molecular weight is 285 g/mol. The molecule has 1 atom stereocenters. The lowest BCUT2D eigenvalue weighted by Crippen LogP contribution is -2.05. The first-order chi connectivity index (χ1) is 7.59. The Morgan fingerprint density at radius 2 is 2.25 bits per heavy atom. The molecular formula is C11H10BrFN2O. The molecule has 2 aromatic rings. The summed E-state index contributed by atoms with van der Waals surface area (Å²) < 4.78 is 15.9. The van der Waals surface area contributed by atoms with Crippen LogP contribution in [0.3, 0.4) is 0 Å². The van der Waals surface area contributed by atoms with Crippen molar-refractivity contribution in [1.82, 2.24) is 9.78 Å². The van der Waals surface area contributed by atoms with Crippen LogP contribution in [0.2, 0.25) is 0 Å². The lowest BCUT2D eigenvalue weighted by Gasteiger charge is -2.12. The van der Waals surface area contributed by atoms with Gasteiger partial charge in [-0.2, -0.15) is 5.10 Å². The minimum absolute atomic E-state index is 0.281. The molecule has 84 valence electrons. The Morgan fingerprint density at radius 1 is 1.50 bits per heavy atom. The van der Waals surface area contributed by atoms with E-state index in [1.54, 1.807) is 31.5 Å². The van der Waals surface area contributed by atoms with E-state index in [1.165, 1.54) is 10.7 Å². The van der Waals surface area contributed by atoms with E-state index in [4.69, 9.17) is 0 Å². The predicted molar refractivity (Wildman–Crippen MR) is 61.9 cm³/mol. The number of para-hydroxylation sites is 1. The number of hydrogen-bond donors (Lipinski definition) is 1. The molecule has 5 heteroatoms. The summed E-state index contributed by atoms with van der Waals surface area (Å²) in [5, 5.41) is 13.6. The summed E-state index contributed by atoms with van der Waals surface area (Å²) in [5.41, 5.74) is 0.791. The standard InChI is InChI=1S/C11H10BrFN2O/c1-7(16)9-3-2-4-10(13)11(9)15-6-8(12)5-14-15/h2-7,16H,1H3/t7-/m1/s1. The molecule has 0 fully saturated rings. The monoisotopic (exact) mass is 284 g/mol. The van der Waals surface area contributed by atoms with Crippen LogP contribution in [0.25, 0.3) is 5.69 Å². The summed E-state index contributed by atoms with van der Waals surface area (Å²) >= 11 is 3.25. The fourth-order valence-electron chi connectivity index (χ4n) is 1.53. The van der Waals surface area contributed by atoms with Crippen molar-refractivity contribution in [2.75, 3.05) is 0 Å². The maximum Gasteiger partial charge on any atom is 0.149 e. The van der Waals surface area contributed by atoms with Crippen molar-refractivity contribution in [3.63, 3.8) is 0 Å². The quantitative estimate of drug-likeness (QED) is 0.921. The van der Waals surface area contributed by atoms with Crippen LogP contribution in [0.4, 0.5) is 4.39 Å². The smallest absolute Gasteiger partial charge is 0.149 e. The average Bonchev–Trinajstić information content (AvgIpc) is 2.64. The van der Waals surface area contributed by atoms with Crippen LogP contribution in [0.5, 0.6) is 0 Å². The number of aliphatic hydroxyl groups excluding tert-OH is 1. The van der Waals surface area contributed by atoms with Gasteiger partial charge >= 0.3 is 0 Å². The molecule has 2 rings (SSSR count). The van der Waals surface area contributed by atoms with Crippen molar-refractivity contribution in [3.05, 3.63) is 46.4 Å². The van der Waals surface area contributed by atoms with Crippen molar-refractivity contribution < 1.29 is 9.50 Å². The molecule has 3 nitrogen and oxygen atoms in total. The van der Waals surface area contributed by atoms with Crippen LogP contribution in [-0.2, 0) is 0 Å². The van der Waals surface area contributed by atoms with Gasteiger partial charge in [0.25, 0.3) is 0 Å². The molecule has 0 aliphatic heterocycles. The van der Waals surface area contributed by atoms with Crippen LogP contribution in [0.15, 0.2) is 35.1 Å². The summed E-state index contributed by atoms with van der Waals surface area (Å²) in [7, 11) is 0. The highest BCUT2D eigenvalue weighted by Crippen LogP contribution is 2.24. The number of aliphatic hydroxyl groups is 1. The minimum Gasteiger partial charge on any atom is -0.389 e. The molecule has 0 spiro atoms. The third-order valence-electron chi connectivity index (χ3n) is 2.25. The molecule has 1 aromatic heterocycles. The van der Waals surface area contributed by atoms with E-state index >= 15 is 0 Å². The van der Waals surface area contributed by atoms with E-state index in [0.717, 1.165) is 4.47 Å². The number of aromatic nitrogens is 2. The first kappa shape index (κ1) is 11.3. The highest BCUT2D eigenvalue weighted by molar-refractivity contribution is 9.10. The fraction of sp³-hybridized carbons (Fsp3) is 0.182.